The van der Waals surface area contributed by atoms with Gasteiger partial charge in [0, 0.05) is 36.5 Å². The molecule has 0 radical (unpaired) electrons. The second-order valence-corrected chi connectivity index (χ2v) is 7.44. The molecule has 7 nitrogen and oxygen atoms in total. The van der Waals surface area contributed by atoms with Crippen molar-refractivity contribution >= 4 is 40.2 Å². The topological polar surface area (TPSA) is 88.1 Å². The number of hydrogen-bond acceptors (Lipinski definition) is 6. The van der Waals surface area contributed by atoms with Gasteiger partial charge in [-0.25, -0.2) is 4.98 Å². The summed E-state index contributed by atoms with van der Waals surface area (Å²) in [5.74, 6) is -0.132. The van der Waals surface area contributed by atoms with E-state index < -0.39 is 0 Å². The number of hydrogen-bond donors (Lipinski definition) is 3. The zero-order chi connectivity index (χ0) is 17.6. The molecule has 3 heterocycles. The highest BCUT2D eigenvalue weighted by Crippen LogP contribution is 2.26. The summed E-state index contributed by atoms with van der Waals surface area (Å²) in [6.07, 6.45) is 7.71. The van der Waals surface area contributed by atoms with Crippen molar-refractivity contribution in [1.82, 2.24) is 19.6 Å². The van der Waals surface area contributed by atoms with Crippen LogP contribution >= 0.6 is 23.3 Å². The standard InChI is InChI=1S/C16H21N5O2S2/c1-24-21-6-4-12(9-21)15(23)18-8-14(22)20-16-19-13(10-25-16)11-3-2-5-17-7-11/h4,6,9-11,17H,2-3,5,7-8H2,1H3,(H,18,23)(H,19,20,22). The van der Waals surface area contributed by atoms with Crippen LogP contribution in [0.3, 0.4) is 0 Å². The predicted molar refractivity (Wildman–Crippen MR) is 101 cm³/mol. The van der Waals surface area contributed by atoms with Crippen molar-refractivity contribution in [2.75, 3.05) is 31.2 Å². The lowest BCUT2D eigenvalue weighted by atomic mass is 9.97. The van der Waals surface area contributed by atoms with Gasteiger partial charge in [0.05, 0.1) is 17.8 Å². The Morgan fingerprint density at radius 3 is 3.12 bits per heavy atom. The largest absolute Gasteiger partial charge is 0.343 e. The van der Waals surface area contributed by atoms with Gasteiger partial charge < -0.3 is 16.0 Å². The molecule has 2 aromatic heterocycles. The summed E-state index contributed by atoms with van der Waals surface area (Å²) in [5.41, 5.74) is 1.55. The Kier molecular flexibility index (Phi) is 6.11. The summed E-state index contributed by atoms with van der Waals surface area (Å²) in [7, 11) is 0. The molecule has 0 bridgehead atoms. The Hall–Kier alpha value is -1.84. The summed E-state index contributed by atoms with van der Waals surface area (Å²) >= 11 is 2.91. The number of thiazole rings is 1. The van der Waals surface area contributed by atoms with Crippen LogP contribution in [-0.2, 0) is 4.79 Å². The van der Waals surface area contributed by atoms with E-state index in [1.54, 1.807) is 18.5 Å². The van der Waals surface area contributed by atoms with Gasteiger partial charge in [-0.1, -0.05) is 0 Å². The van der Waals surface area contributed by atoms with E-state index in [-0.39, 0.29) is 18.4 Å². The van der Waals surface area contributed by atoms with Crippen LogP contribution in [0.4, 0.5) is 5.13 Å². The number of anilines is 1. The molecule has 0 aliphatic carbocycles. The van der Waals surface area contributed by atoms with Crippen molar-refractivity contribution in [3.8, 4) is 0 Å². The smallest absolute Gasteiger partial charge is 0.253 e. The van der Waals surface area contributed by atoms with Gasteiger partial charge in [0.25, 0.3) is 5.91 Å². The van der Waals surface area contributed by atoms with E-state index in [1.807, 2.05) is 15.6 Å². The maximum atomic E-state index is 12.0. The molecule has 9 heteroatoms. The molecule has 1 aliphatic heterocycles. The van der Waals surface area contributed by atoms with Crippen molar-refractivity contribution < 1.29 is 9.59 Å². The number of carbonyl (C=O) groups excluding carboxylic acids is 2. The van der Waals surface area contributed by atoms with E-state index in [0.717, 1.165) is 31.6 Å². The molecular formula is C16H21N5O2S2. The number of carbonyl (C=O) groups is 2. The lowest BCUT2D eigenvalue weighted by molar-refractivity contribution is -0.115. The second kappa shape index (κ2) is 8.50. The first-order valence-electron chi connectivity index (χ1n) is 8.12. The summed E-state index contributed by atoms with van der Waals surface area (Å²) in [5, 5.41) is 11.3. The molecule has 1 atom stereocenters. The quantitative estimate of drug-likeness (QED) is 0.714. The summed E-state index contributed by atoms with van der Waals surface area (Å²) in [6.45, 7) is 1.91. The minimum atomic E-state index is -0.277. The van der Waals surface area contributed by atoms with Crippen molar-refractivity contribution in [3.05, 3.63) is 35.1 Å². The number of rotatable bonds is 6. The van der Waals surface area contributed by atoms with Crippen molar-refractivity contribution in [1.29, 1.82) is 0 Å². The lowest BCUT2D eigenvalue weighted by Crippen LogP contribution is -2.32. The van der Waals surface area contributed by atoms with E-state index in [4.69, 9.17) is 0 Å². The zero-order valence-electron chi connectivity index (χ0n) is 13.9. The molecule has 134 valence electrons. The van der Waals surface area contributed by atoms with Gasteiger partial charge in [-0.3, -0.25) is 13.6 Å². The molecule has 0 spiro atoms. The van der Waals surface area contributed by atoms with Crippen LogP contribution in [0.15, 0.2) is 23.8 Å². The van der Waals surface area contributed by atoms with Gasteiger partial charge in [-0.15, -0.1) is 11.3 Å². The van der Waals surface area contributed by atoms with Gasteiger partial charge in [-0.2, -0.15) is 0 Å². The van der Waals surface area contributed by atoms with E-state index in [1.165, 1.54) is 23.3 Å². The van der Waals surface area contributed by atoms with Gasteiger partial charge >= 0.3 is 0 Å². The minimum Gasteiger partial charge on any atom is -0.343 e. The average molecular weight is 380 g/mol. The summed E-state index contributed by atoms with van der Waals surface area (Å²) < 4.78 is 1.83. The van der Waals surface area contributed by atoms with Gasteiger partial charge in [-0.05, 0) is 37.4 Å². The van der Waals surface area contributed by atoms with Crippen molar-refractivity contribution in [2.24, 2.45) is 0 Å². The normalized spacial score (nSPS) is 17.2. The molecule has 0 aromatic carbocycles. The second-order valence-electron chi connectivity index (χ2n) is 5.79. The molecule has 1 fully saturated rings. The van der Waals surface area contributed by atoms with Crippen molar-refractivity contribution in [3.63, 3.8) is 0 Å². The molecular weight excluding hydrogens is 358 g/mol. The summed E-state index contributed by atoms with van der Waals surface area (Å²) in [6, 6.07) is 1.72. The third-order valence-electron chi connectivity index (χ3n) is 4.03. The van der Waals surface area contributed by atoms with E-state index in [2.05, 4.69) is 20.9 Å². The molecule has 1 unspecified atom stereocenters. The molecule has 3 rings (SSSR count). The molecule has 2 aromatic rings. The molecule has 3 N–H and O–H groups in total. The van der Waals surface area contributed by atoms with Crippen LogP contribution in [0.5, 0.6) is 0 Å². The number of aromatic nitrogens is 2. The van der Waals surface area contributed by atoms with Crippen LogP contribution in [0.25, 0.3) is 0 Å². The summed E-state index contributed by atoms with van der Waals surface area (Å²) in [4.78, 5) is 28.5. The van der Waals surface area contributed by atoms with Crippen LogP contribution in [0.1, 0.15) is 34.8 Å². The van der Waals surface area contributed by atoms with Gasteiger partial charge in [0.1, 0.15) is 0 Å². The van der Waals surface area contributed by atoms with Gasteiger partial charge in [0.15, 0.2) is 5.13 Å². The highest BCUT2D eigenvalue weighted by molar-refractivity contribution is 7.97. The molecule has 25 heavy (non-hydrogen) atoms. The third kappa shape index (κ3) is 4.83. The monoisotopic (exact) mass is 379 g/mol. The fourth-order valence-corrected chi connectivity index (χ4v) is 3.90. The highest BCUT2D eigenvalue weighted by Gasteiger charge is 2.18. The highest BCUT2D eigenvalue weighted by atomic mass is 32.2. The first kappa shape index (κ1) is 18.0. The predicted octanol–water partition coefficient (Wildman–Crippen LogP) is 1.91. The molecule has 0 saturated carbocycles. The van der Waals surface area contributed by atoms with Crippen LogP contribution < -0.4 is 16.0 Å². The number of amides is 2. The van der Waals surface area contributed by atoms with Crippen LogP contribution in [0, 0.1) is 0 Å². The fraction of sp³-hybridized carbons (Fsp3) is 0.438. The number of nitrogens with one attached hydrogen (secondary N) is 3. The lowest BCUT2D eigenvalue weighted by Gasteiger charge is -2.20. The maximum Gasteiger partial charge on any atom is 0.253 e. The molecule has 1 aliphatic rings. The van der Waals surface area contributed by atoms with E-state index >= 15 is 0 Å². The Labute approximate surface area is 154 Å². The van der Waals surface area contributed by atoms with E-state index in [0.29, 0.717) is 16.6 Å². The Morgan fingerprint density at radius 1 is 1.52 bits per heavy atom. The Balaban J connectivity index is 1.47. The first-order chi connectivity index (χ1) is 12.2. The average Bonchev–Trinajstić information content (AvgIpc) is 3.30. The third-order valence-corrected chi connectivity index (χ3v) is 5.46. The van der Waals surface area contributed by atoms with Gasteiger partial charge in [0.2, 0.25) is 5.91 Å². The maximum absolute atomic E-state index is 12.0. The first-order valence-corrected chi connectivity index (χ1v) is 10.2. The Bertz CT molecular complexity index is 736. The van der Waals surface area contributed by atoms with E-state index in [9.17, 15) is 9.59 Å². The SMILES string of the molecule is CSn1ccc(C(=O)NCC(=O)Nc2nc(C3CCCNC3)cs2)c1. The molecule has 2 amide bonds. The number of piperidine rings is 1. The van der Waals surface area contributed by atoms with Crippen molar-refractivity contribution in [2.45, 2.75) is 18.8 Å². The number of nitrogens with zero attached hydrogens (tertiary/aromatic N) is 2. The Morgan fingerprint density at radius 2 is 2.40 bits per heavy atom. The zero-order valence-corrected chi connectivity index (χ0v) is 15.6. The fourth-order valence-electron chi connectivity index (χ4n) is 2.69. The molecule has 1 saturated heterocycles. The van der Waals surface area contributed by atoms with Crippen LogP contribution in [0.2, 0.25) is 0 Å². The van der Waals surface area contributed by atoms with Crippen LogP contribution in [-0.4, -0.2) is 46.7 Å². The minimum absolute atomic E-state index is 0.0802.